The molecule has 0 saturated heterocycles. The first kappa shape index (κ1) is 24.0. The average Bonchev–Trinajstić information content (AvgIpc) is 2.63. The molecular formula is C22H35NO5. The SMILES string of the molecule is CCCCC[C@@](C)(OCC)C(=O)Nc1ccc(OC(C)C)c(C(=O)OCC)c1. The quantitative estimate of drug-likeness (QED) is 0.401. The van der Waals surface area contributed by atoms with Gasteiger partial charge < -0.3 is 19.5 Å². The van der Waals surface area contributed by atoms with Gasteiger partial charge in [0.15, 0.2) is 0 Å². The highest BCUT2D eigenvalue weighted by Crippen LogP contribution is 2.27. The lowest BCUT2D eigenvalue weighted by atomic mass is 9.96. The van der Waals surface area contributed by atoms with Crippen LogP contribution in [0.5, 0.6) is 5.75 Å². The second-order valence-corrected chi connectivity index (χ2v) is 7.17. The number of amides is 1. The monoisotopic (exact) mass is 393 g/mol. The topological polar surface area (TPSA) is 73.9 Å². The van der Waals surface area contributed by atoms with Gasteiger partial charge in [0.25, 0.3) is 5.91 Å². The van der Waals surface area contributed by atoms with E-state index in [1.165, 1.54) is 0 Å². The van der Waals surface area contributed by atoms with Crippen molar-refractivity contribution in [2.24, 2.45) is 0 Å². The van der Waals surface area contributed by atoms with Crippen LogP contribution in [0.25, 0.3) is 0 Å². The number of hydrogen-bond donors (Lipinski definition) is 1. The number of ether oxygens (including phenoxy) is 3. The van der Waals surface area contributed by atoms with Crippen molar-refractivity contribution in [1.82, 2.24) is 0 Å². The van der Waals surface area contributed by atoms with E-state index >= 15 is 0 Å². The maximum atomic E-state index is 12.9. The van der Waals surface area contributed by atoms with Crippen molar-refractivity contribution in [2.45, 2.75) is 78.9 Å². The largest absolute Gasteiger partial charge is 0.490 e. The van der Waals surface area contributed by atoms with Crippen LogP contribution in [-0.2, 0) is 14.3 Å². The third kappa shape index (κ3) is 7.15. The molecule has 0 aliphatic rings. The van der Waals surface area contributed by atoms with Crippen LogP contribution in [0, 0.1) is 0 Å². The van der Waals surface area contributed by atoms with Crippen molar-refractivity contribution in [3.63, 3.8) is 0 Å². The van der Waals surface area contributed by atoms with Gasteiger partial charge in [-0.25, -0.2) is 4.79 Å². The van der Waals surface area contributed by atoms with Crippen molar-refractivity contribution in [2.75, 3.05) is 18.5 Å². The van der Waals surface area contributed by atoms with E-state index in [0.717, 1.165) is 19.3 Å². The lowest BCUT2D eigenvalue weighted by molar-refractivity contribution is -0.139. The lowest BCUT2D eigenvalue weighted by Gasteiger charge is -2.28. The Morgan fingerprint density at radius 1 is 1.11 bits per heavy atom. The first-order chi connectivity index (χ1) is 13.3. The molecule has 1 amide bonds. The predicted molar refractivity (Wildman–Crippen MR) is 111 cm³/mol. The highest BCUT2D eigenvalue weighted by Gasteiger charge is 2.33. The normalized spacial score (nSPS) is 13.1. The first-order valence-corrected chi connectivity index (χ1v) is 10.2. The molecular weight excluding hydrogens is 358 g/mol. The number of hydrogen-bond acceptors (Lipinski definition) is 5. The van der Waals surface area contributed by atoms with Crippen molar-refractivity contribution < 1.29 is 23.8 Å². The zero-order valence-electron chi connectivity index (χ0n) is 18.1. The summed E-state index contributed by atoms with van der Waals surface area (Å²) in [5.74, 6) is -0.274. The molecule has 0 aromatic heterocycles. The number of esters is 1. The van der Waals surface area contributed by atoms with Crippen LogP contribution in [0.15, 0.2) is 18.2 Å². The summed E-state index contributed by atoms with van der Waals surface area (Å²) in [6.07, 6.45) is 3.58. The number of carbonyl (C=O) groups is 2. The maximum Gasteiger partial charge on any atom is 0.341 e. The summed E-state index contributed by atoms with van der Waals surface area (Å²) in [4.78, 5) is 25.2. The van der Waals surface area contributed by atoms with Gasteiger partial charge in [-0.15, -0.1) is 0 Å². The summed E-state index contributed by atoms with van der Waals surface area (Å²) < 4.78 is 16.6. The molecule has 0 bridgehead atoms. The number of unbranched alkanes of at least 4 members (excludes halogenated alkanes) is 2. The van der Waals surface area contributed by atoms with Crippen LogP contribution >= 0.6 is 0 Å². The minimum atomic E-state index is -0.916. The Morgan fingerprint density at radius 3 is 2.39 bits per heavy atom. The van der Waals surface area contributed by atoms with E-state index in [2.05, 4.69) is 12.2 Å². The Labute approximate surface area is 168 Å². The Bertz CT molecular complexity index is 644. The molecule has 0 spiro atoms. The molecule has 0 saturated carbocycles. The summed E-state index contributed by atoms with van der Waals surface area (Å²) in [6.45, 7) is 12.0. The van der Waals surface area contributed by atoms with Crippen LogP contribution in [0.3, 0.4) is 0 Å². The smallest absolute Gasteiger partial charge is 0.341 e. The van der Waals surface area contributed by atoms with Crippen LogP contribution in [0.4, 0.5) is 5.69 Å². The Kier molecular flexibility index (Phi) is 10.0. The molecule has 0 unspecified atom stereocenters. The van der Waals surface area contributed by atoms with Crippen molar-refractivity contribution in [3.8, 4) is 5.75 Å². The number of rotatable bonds is 12. The molecule has 6 heteroatoms. The minimum absolute atomic E-state index is 0.0894. The summed E-state index contributed by atoms with van der Waals surface area (Å²) in [5, 5.41) is 2.88. The number of benzene rings is 1. The van der Waals surface area contributed by atoms with Crippen molar-refractivity contribution in [3.05, 3.63) is 23.8 Å². The molecule has 28 heavy (non-hydrogen) atoms. The van der Waals surface area contributed by atoms with Gasteiger partial charge in [-0.2, -0.15) is 0 Å². The molecule has 6 nitrogen and oxygen atoms in total. The van der Waals surface area contributed by atoms with Crippen molar-refractivity contribution >= 4 is 17.6 Å². The molecule has 1 N–H and O–H groups in total. The van der Waals surface area contributed by atoms with Crippen LogP contribution in [-0.4, -0.2) is 36.8 Å². The van der Waals surface area contributed by atoms with Gasteiger partial charge in [0.2, 0.25) is 0 Å². The summed E-state index contributed by atoms with van der Waals surface area (Å²) >= 11 is 0. The second kappa shape index (κ2) is 11.7. The van der Waals surface area contributed by atoms with Crippen LogP contribution in [0.2, 0.25) is 0 Å². The van der Waals surface area contributed by atoms with Gasteiger partial charge in [0.05, 0.1) is 12.7 Å². The molecule has 158 valence electrons. The second-order valence-electron chi connectivity index (χ2n) is 7.17. The maximum absolute atomic E-state index is 12.9. The zero-order valence-corrected chi connectivity index (χ0v) is 18.1. The van der Waals surface area contributed by atoms with Crippen LogP contribution in [0.1, 0.15) is 77.6 Å². The van der Waals surface area contributed by atoms with Crippen molar-refractivity contribution in [1.29, 1.82) is 0 Å². The van der Waals surface area contributed by atoms with Crippen LogP contribution < -0.4 is 10.1 Å². The van der Waals surface area contributed by atoms with E-state index < -0.39 is 11.6 Å². The number of anilines is 1. The fourth-order valence-electron chi connectivity index (χ4n) is 2.88. The average molecular weight is 394 g/mol. The molecule has 1 aromatic rings. The standard InChI is InChI=1S/C22H35NO5/c1-7-10-11-14-22(6,27-9-3)21(25)23-17-12-13-19(28-16(4)5)18(15-17)20(24)26-8-2/h12-13,15-16H,7-11,14H2,1-6H3,(H,23,25)/t22-/m1/s1. The van der Waals surface area contributed by atoms with Gasteiger partial charge in [-0.1, -0.05) is 26.2 Å². The fourth-order valence-corrected chi connectivity index (χ4v) is 2.88. The van der Waals surface area contributed by atoms with Gasteiger partial charge in [-0.05, 0) is 59.2 Å². The molecule has 0 aliphatic heterocycles. The molecule has 0 aliphatic carbocycles. The highest BCUT2D eigenvalue weighted by molar-refractivity contribution is 5.99. The first-order valence-electron chi connectivity index (χ1n) is 10.2. The summed E-state index contributed by atoms with van der Waals surface area (Å²) in [6, 6.07) is 4.99. The predicted octanol–water partition coefficient (Wildman–Crippen LogP) is 4.96. The third-order valence-electron chi connectivity index (χ3n) is 4.30. The molecule has 1 atom stereocenters. The third-order valence-corrected chi connectivity index (χ3v) is 4.30. The van der Waals surface area contributed by atoms with E-state index in [-0.39, 0.29) is 24.2 Å². The summed E-state index contributed by atoms with van der Waals surface area (Å²) in [7, 11) is 0. The summed E-state index contributed by atoms with van der Waals surface area (Å²) in [5.41, 5.74) is -0.121. The van der Waals surface area contributed by atoms with E-state index in [9.17, 15) is 9.59 Å². The lowest BCUT2D eigenvalue weighted by Crippen LogP contribution is -2.42. The van der Waals surface area contributed by atoms with E-state index in [1.54, 1.807) is 25.1 Å². The van der Waals surface area contributed by atoms with E-state index in [4.69, 9.17) is 14.2 Å². The van der Waals surface area contributed by atoms with E-state index in [1.807, 2.05) is 27.7 Å². The fraction of sp³-hybridized carbons (Fsp3) is 0.636. The molecule has 1 aromatic carbocycles. The molecule has 1 rings (SSSR count). The minimum Gasteiger partial charge on any atom is -0.490 e. The van der Waals surface area contributed by atoms with Gasteiger partial charge in [0.1, 0.15) is 16.9 Å². The van der Waals surface area contributed by atoms with Gasteiger partial charge in [-0.3, -0.25) is 4.79 Å². The molecule has 0 radical (unpaired) electrons. The molecule has 0 fully saturated rings. The Morgan fingerprint density at radius 2 is 1.82 bits per heavy atom. The zero-order chi connectivity index (χ0) is 21.2. The molecule has 0 heterocycles. The number of carbonyl (C=O) groups excluding carboxylic acids is 2. The number of nitrogens with one attached hydrogen (secondary N) is 1. The van der Waals surface area contributed by atoms with Gasteiger partial charge in [0, 0.05) is 12.3 Å². The Hall–Kier alpha value is -2.08. The highest BCUT2D eigenvalue weighted by atomic mass is 16.5. The van der Waals surface area contributed by atoms with E-state index in [0.29, 0.717) is 24.5 Å². The Balaban J connectivity index is 3.06. The van der Waals surface area contributed by atoms with Gasteiger partial charge >= 0.3 is 5.97 Å².